The minimum absolute atomic E-state index is 0.0251. The lowest BCUT2D eigenvalue weighted by atomic mass is 10.2. The van der Waals surface area contributed by atoms with Gasteiger partial charge in [-0.15, -0.1) is 0 Å². The molecule has 1 heterocycles. The van der Waals surface area contributed by atoms with Gasteiger partial charge in [0, 0.05) is 6.07 Å². The summed E-state index contributed by atoms with van der Waals surface area (Å²) in [7, 11) is 0. The number of nitrogens with zero attached hydrogens (tertiary/aromatic N) is 3. The van der Waals surface area contributed by atoms with Gasteiger partial charge in [-0.05, 0) is 18.6 Å². The molecule has 0 saturated heterocycles. The van der Waals surface area contributed by atoms with Crippen LogP contribution in [0, 0.1) is 17.0 Å². The van der Waals surface area contributed by atoms with Crippen molar-refractivity contribution >= 4 is 23.2 Å². The second-order valence-electron chi connectivity index (χ2n) is 3.71. The molecule has 1 aromatic carbocycles. The van der Waals surface area contributed by atoms with Crippen molar-refractivity contribution in [2.45, 2.75) is 6.92 Å². The predicted molar refractivity (Wildman–Crippen MR) is 69.4 cm³/mol. The molecule has 0 spiro atoms. The van der Waals surface area contributed by atoms with Gasteiger partial charge in [0.05, 0.1) is 11.1 Å². The lowest BCUT2D eigenvalue weighted by Crippen LogP contribution is -1.99. The zero-order valence-electron chi connectivity index (χ0n) is 9.83. The zero-order valence-corrected chi connectivity index (χ0v) is 10.6. The number of anilines is 1. The average Bonchev–Trinajstić information content (AvgIpc) is 2.33. The fourth-order valence-electron chi connectivity index (χ4n) is 1.39. The van der Waals surface area contributed by atoms with Crippen molar-refractivity contribution in [1.82, 2.24) is 9.97 Å². The molecule has 0 amide bonds. The number of hydrogen-bond acceptors (Lipinski definition) is 6. The Labute approximate surface area is 113 Å². The molecule has 0 aliphatic heterocycles. The molecule has 0 aliphatic rings. The van der Waals surface area contributed by atoms with E-state index < -0.39 is 4.92 Å². The van der Waals surface area contributed by atoms with Gasteiger partial charge in [0.15, 0.2) is 0 Å². The second kappa shape index (κ2) is 5.07. The maximum Gasteiger partial charge on any atom is 0.311 e. The van der Waals surface area contributed by atoms with Gasteiger partial charge in [-0.2, -0.15) is 4.98 Å². The predicted octanol–water partition coefficient (Wildman–Crippen LogP) is 2.72. The third kappa shape index (κ3) is 2.89. The van der Waals surface area contributed by atoms with Gasteiger partial charge in [0.1, 0.15) is 5.02 Å². The molecule has 19 heavy (non-hydrogen) atoms. The maximum atomic E-state index is 10.9. The molecule has 7 nitrogen and oxygen atoms in total. The number of benzene rings is 1. The summed E-state index contributed by atoms with van der Waals surface area (Å²) >= 11 is 5.84. The number of aromatic nitrogens is 2. The Morgan fingerprint density at radius 3 is 2.89 bits per heavy atom. The Balaban J connectivity index is 2.45. The third-order valence-electron chi connectivity index (χ3n) is 2.25. The standard InChI is InChI=1S/C11H9ClN4O3/c1-6-2-3-8(16(17)18)9(4-6)19-10-7(12)5-14-11(13)15-10/h2-5H,1H3,(H2,13,14,15). The van der Waals surface area contributed by atoms with Gasteiger partial charge in [-0.3, -0.25) is 10.1 Å². The Morgan fingerprint density at radius 2 is 2.21 bits per heavy atom. The van der Waals surface area contributed by atoms with E-state index in [9.17, 15) is 10.1 Å². The van der Waals surface area contributed by atoms with E-state index in [-0.39, 0.29) is 28.3 Å². The van der Waals surface area contributed by atoms with Crippen LogP contribution >= 0.6 is 11.6 Å². The van der Waals surface area contributed by atoms with E-state index in [0.29, 0.717) is 0 Å². The van der Waals surface area contributed by atoms with Gasteiger partial charge in [0.2, 0.25) is 17.6 Å². The summed E-state index contributed by atoms with van der Waals surface area (Å²) in [5.41, 5.74) is 6.04. The van der Waals surface area contributed by atoms with Crippen LogP contribution in [0.15, 0.2) is 24.4 Å². The Hall–Kier alpha value is -2.41. The Kier molecular flexibility index (Phi) is 3.48. The van der Waals surface area contributed by atoms with Crippen LogP contribution in [0.4, 0.5) is 11.6 Å². The maximum absolute atomic E-state index is 10.9. The largest absolute Gasteiger partial charge is 0.430 e. The van der Waals surface area contributed by atoms with Crippen molar-refractivity contribution in [3.63, 3.8) is 0 Å². The highest BCUT2D eigenvalue weighted by atomic mass is 35.5. The highest BCUT2D eigenvalue weighted by Crippen LogP contribution is 2.34. The van der Waals surface area contributed by atoms with Crippen LogP contribution < -0.4 is 10.5 Å². The molecule has 0 radical (unpaired) electrons. The van der Waals surface area contributed by atoms with Crippen LogP contribution in [0.25, 0.3) is 0 Å². The van der Waals surface area contributed by atoms with Gasteiger partial charge in [-0.1, -0.05) is 17.7 Å². The zero-order chi connectivity index (χ0) is 14.0. The number of nitrogen functional groups attached to an aromatic ring is 1. The first-order chi connectivity index (χ1) is 8.97. The number of hydrogen-bond donors (Lipinski definition) is 1. The molecule has 8 heteroatoms. The summed E-state index contributed by atoms with van der Waals surface area (Å²) in [4.78, 5) is 17.8. The number of aryl methyl sites for hydroxylation is 1. The number of rotatable bonds is 3. The molecular formula is C11H9ClN4O3. The molecule has 0 fully saturated rings. The van der Waals surface area contributed by atoms with E-state index in [2.05, 4.69) is 9.97 Å². The molecule has 2 N–H and O–H groups in total. The molecule has 0 bridgehead atoms. The summed E-state index contributed by atoms with van der Waals surface area (Å²) in [6.07, 6.45) is 1.26. The van der Waals surface area contributed by atoms with Crippen molar-refractivity contribution in [1.29, 1.82) is 0 Å². The Bertz CT molecular complexity index is 648. The first kappa shape index (κ1) is 13.0. The normalized spacial score (nSPS) is 10.2. The highest BCUT2D eigenvalue weighted by molar-refractivity contribution is 6.31. The van der Waals surface area contributed by atoms with Crippen molar-refractivity contribution in [2.24, 2.45) is 0 Å². The highest BCUT2D eigenvalue weighted by Gasteiger charge is 2.17. The number of halogens is 1. The second-order valence-corrected chi connectivity index (χ2v) is 4.12. The monoisotopic (exact) mass is 280 g/mol. The van der Waals surface area contributed by atoms with Crippen LogP contribution in [0.3, 0.4) is 0 Å². The van der Waals surface area contributed by atoms with Crippen molar-refractivity contribution in [2.75, 3.05) is 5.73 Å². The number of nitro benzene ring substituents is 1. The van der Waals surface area contributed by atoms with E-state index in [0.717, 1.165) is 5.56 Å². The van der Waals surface area contributed by atoms with Crippen molar-refractivity contribution in [3.05, 3.63) is 45.1 Å². The molecule has 0 unspecified atom stereocenters. The minimum Gasteiger partial charge on any atom is -0.430 e. The van der Waals surface area contributed by atoms with Crippen molar-refractivity contribution in [3.8, 4) is 11.6 Å². The summed E-state index contributed by atoms with van der Waals surface area (Å²) in [5.74, 6) is -0.0115. The number of nitro groups is 1. The molecule has 0 atom stereocenters. The fourth-order valence-corrected chi connectivity index (χ4v) is 1.52. The van der Waals surface area contributed by atoms with Crippen LogP contribution in [-0.4, -0.2) is 14.9 Å². The molecule has 2 rings (SSSR count). The van der Waals surface area contributed by atoms with Gasteiger partial charge < -0.3 is 10.5 Å². The van der Waals surface area contributed by atoms with Crippen LogP contribution in [-0.2, 0) is 0 Å². The van der Waals surface area contributed by atoms with Gasteiger partial charge >= 0.3 is 5.69 Å². The van der Waals surface area contributed by atoms with Gasteiger partial charge in [-0.25, -0.2) is 4.98 Å². The quantitative estimate of drug-likeness (QED) is 0.684. The topological polar surface area (TPSA) is 104 Å². The molecule has 98 valence electrons. The molecular weight excluding hydrogens is 272 g/mol. The summed E-state index contributed by atoms with van der Waals surface area (Å²) in [6.45, 7) is 1.78. The van der Waals surface area contributed by atoms with Crippen LogP contribution in [0.5, 0.6) is 11.6 Å². The molecule has 1 aromatic heterocycles. The smallest absolute Gasteiger partial charge is 0.311 e. The molecule has 0 saturated carbocycles. The lowest BCUT2D eigenvalue weighted by molar-refractivity contribution is -0.385. The number of ether oxygens (including phenoxy) is 1. The first-order valence-corrected chi connectivity index (χ1v) is 5.56. The third-order valence-corrected chi connectivity index (χ3v) is 2.51. The summed E-state index contributed by atoms with van der Waals surface area (Å²) < 4.78 is 5.36. The fraction of sp³-hybridized carbons (Fsp3) is 0.0909. The SMILES string of the molecule is Cc1ccc([N+](=O)[O-])c(Oc2nc(N)ncc2Cl)c1. The average molecular weight is 281 g/mol. The minimum atomic E-state index is -0.548. The molecule has 2 aromatic rings. The summed E-state index contributed by atoms with van der Waals surface area (Å²) in [5, 5.41) is 11.0. The lowest BCUT2D eigenvalue weighted by Gasteiger charge is -2.07. The molecule has 0 aliphatic carbocycles. The van der Waals surface area contributed by atoms with E-state index >= 15 is 0 Å². The van der Waals surface area contributed by atoms with Crippen molar-refractivity contribution < 1.29 is 9.66 Å². The van der Waals surface area contributed by atoms with E-state index in [1.165, 1.54) is 18.3 Å². The first-order valence-electron chi connectivity index (χ1n) is 5.18. The van der Waals surface area contributed by atoms with Crippen LogP contribution in [0.1, 0.15) is 5.56 Å². The Morgan fingerprint density at radius 1 is 1.47 bits per heavy atom. The van der Waals surface area contributed by atoms with E-state index in [1.54, 1.807) is 13.0 Å². The van der Waals surface area contributed by atoms with E-state index in [1.807, 2.05) is 0 Å². The van der Waals surface area contributed by atoms with E-state index in [4.69, 9.17) is 22.1 Å². The number of nitrogens with two attached hydrogens (primary N) is 1. The summed E-state index contributed by atoms with van der Waals surface area (Å²) in [6, 6.07) is 4.48. The van der Waals surface area contributed by atoms with Gasteiger partial charge in [0.25, 0.3) is 0 Å². The van der Waals surface area contributed by atoms with Crippen LogP contribution in [0.2, 0.25) is 5.02 Å².